The fraction of sp³-hybridized carbons (Fsp3) is 0.952. The summed E-state index contributed by atoms with van der Waals surface area (Å²) in [5, 5.41) is 7.14. The van der Waals surface area contributed by atoms with E-state index in [-0.39, 0.29) is 6.04 Å². The second kappa shape index (κ2) is 8.57. The molecular weight excluding hydrogens is 324 g/mol. The van der Waals surface area contributed by atoms with Crippen LogP contribution in [0.25, 0.3) is 0 Å². The molecule has 0 radical (unpaired) electrons. The number of carbonyl (C=O) groups is 1. The third-order valence-electron chi connectivity index (χ3n) is 7.64. The van der Waals surface area contributed by atoms with Crippen molar-refractivity contribution < 1.29 is 4.79 Å². The molecule has 2 N–H and O–H groups in total. The molecule has 0 aromatic rings. The highest BCUT2D eigenvalue weighted by Crippen LogP contribution is 2.32. The van der Waals surface area contributed by atoms with Crippen LogP contribution in [0.5, 0.6) is 0 Å². The maximum atomic E-state index is 13.0. The van der Waals surface area contributed by atoms with Gasteiger partial charge in [0.2, 0.25) is 5.91 Å². The van der Waals surface area contributed by atoms with Gasteiger partial charge in [-0.25, -0.2) is 0 Å². The van der Waals surface area contributed by atoms with Gasteiger partial charge in [-0.15, -0.1) is 0 Å². The Kier molecular flexibility index (Phi) is 6.17. The molecule has 4 rings (SSSR count). The van der Waals surface area contributed by atoms with E-state index in [9.17, 15) is 4.79 Å². The number of piperidine rings is 3. The van der Waals surface area contributed by atoms with Crippen molar-refractivity contribution in [1.82, 2.24) is 20.4 Å². The fourth-order valence-electron chi connectivity index (χ4n) is 5.97. The Morgan fingerprint density at radius 1 is 0.923 bits per heavy atom. The van der Waals surface area contributed by atoms with Crippen molar-refractivity contribution in [3.8, 4) is 0 Å². The molecule has 4 aliphatic rings. The number of hydrogen-bond acceptors (Lipinski definition) is 4. The number of likely N-dealkylation sites (tertiary alicyclic amines) is 2. The van der Waals surface area contributed by atoms with Crippen molar-refractivity contribution in [3.05, 3.63) is 0 Å². The van der Waals surface area contributed by atoms with Crippen molar-refractivity contribution in [3.63, 3.8) is 0 Å². The molecule has 0 bridgehead atoms. The third kappa shape index (κ3) is 4.10. The summed E-state index contributed by atoms with van der Waals surface area (Å²) in [6.07, 6.45) is 8.64. The normalized spacial score (nSPS) is 37.8. The molecule has 4 atom stereocenters. The van der Waals surface area contributed by atoms with Crippen molar-refractivity contribution in [2.75, 3.05) is 45.8 Å². The summed E-state index contributed by atoms with van der Waals surface area (Å²) in [5.74, 6) is 2.74. The molecule has 0 saturated carbocycles. The van der Waals surface area contributed by atoms with Gasteiger partial charge >= 0.3 is 0 Å². The van der Waals surface area contributed by atoms with E-state index < -0.39 is 0 Å². The van der Waals surface area contributed by atoms with Crippen LogP contribution in [-0.2, 0) is 4.79 Å². The van der Waals surface area contributed by atoms with Gasteiger partial charge in [-0.1, -0.05) is 6.92 Å². The van der Waals surface area contributed by atoms with E-state index in [1.807, 2.05) is 0 Å². The molecule has 1 amide bonds. The average molecular weight is 363 g/mol. The highest BCUT2D eigenvalue weighted by molar-refractivity contribution is 5.82. The summed E-state index contributed by atoms with van der Waals surface area (Å²) in [6.45, 7) is 10.2. The van der Waals surface area contributed by atoms with Crippen molar-refractivity contribution in [1.29, 1.82) is 0 Å². The van der Waals surface area contributed by atoms with Gasteiger partial charge in [-0.05, 0) is 95.4 Å². The van der Waals surface area contributed by atoms with Gasteiger partial charge in [0.15, 0.2) is 0 Å². The Morgan fingerprint density at radius 2 is 1.69 bits per heavy atom. The van der Waals surface area contributed by atoms with Crippen LogP contribution in [0.4, 0.5) is 0 Å². The van der Waals surface area contributed by atoms with E-state index in [1.54, 1.807) is 0 Å². The monoisotopic (exact) mass is 362 g/mol. The number of nitrogens with zero attached hydrogens (tertiary/aromatic N) is 2. The SMILES string of the molecule is CC1CNCCC1C1CCC(C(=O)N2CCC(N3CCCC3)CC2)NC1. The predicted molar refractivity (Wildman–Crippen MR) is 105 cm³/mol. The third-order valence-corrected chi connectivity index (χ3v) is 7.64. The van der Waals surface area contributed by atoms with E-state index in [0.29, 0.717) is 5.91 Å². The molecule has 26 heavy (non-hydrogen) atoms. The average Bonchev–Trinajstić information content (AvgIpc) is 3.23. The van der Waals surface area contributed by atoms with Crippen LogP contribution in [0.3, 0.4) is 0 Å². The molecule has 4 fully saturated rings. The lowest BCUT2D eigenvalue weighted by atomic mass is 9.74. The number of amides is 1. The first-order valence-electron chi connectivity index (χ1n) is 11.2. The van der Waals surface area contributed by atoms with Crippen LogP contribution in [0.2, 0.25) is 0 Å². The molecule has 4 unspecified atom stereocenters. The Hall–Kier alpha value is -0.650. The molecule has 5 heteroatoms. The molecule has 0 spiro atoms. The first-order valence-corrected chi connectivity index (χ1v) is 11.2. The Morgan fingerprint density at radius 3 is 2.35 bits per heavy atom. The van der Waals surface area contributed by atoms with Crippen molar-refractivity contribution in [2.45, 2.75) is 64.0 Å². The van der Waals surface area contributed by atoms with Crippen LogP contribution in [0.1, 0.15) is 51.9 Å². The fourth-order valence-corrected chi connectivity index (χ4v) is 5.97. The van der Waals surface area contributed by atoms with Gasteiger partial charge in [0.25, 0.3) is 0 Å². The molecule has 0 aromatic heterocycles. The summed E-state index contributed by atoms with van der Waals surface area (Å²) in [6, 6.07) is 0.804. The molecule has 148 valence electrons. The molecule has 4 saturated heterocycles. The summed E-state index contributed by atoms with van der Waals surface area (Å²) >= 11 is 0. The molecule has 5 nitrogen and oxygen atoms in total. The Labute approximate surface area is 159 Å². The van der Waals surface area contributed by atoms with E-state index in [2.05, 4.69) is 27.4 Å². The van der Waals surface area contributed by atoms with Gasteiger partial charge in [0.1, 0.15) is 0 Å². The topological polar surface area (TPSA) is 47.6 Å². The maximum absolute atomic E-state index is 13.0. The van der Waals surface area contributed by atoms with Crippen LogP contribution in [-0.4, -0.2) is 73.6 Å². The second-order valence-electron chi connectivity index (χ2n) is 9.23. The number of rotatable bonds is 3. The van der Waals surface area contributed by atoms with E-state index in [0.717, 1.165) is 56.4 Å². The zero-order chi connectivity index (χ0) is 17.9. The van der Waals surface area contributed by atoms with E-state index >= 15 is 0 Å². The lowest BCUT2D eigenvalue weighted by Gasteiger charge is -2.42. The first-order chi connectivity index (χ1) is 12.7. The molecular formula is C21H38N4O. The van der Waals surface area contributed by atoms with Crippen LogP contribution >= 0.6 is 0 Å². The van der Waals surface area contributed by atoms with Gasteiger partial charge < -0.3 is 20.4 Å². The Balaban J connectivity index is 1.22. The molecule has 4 aliphatic heterocycles. The zero-order valence-electron chi connectivity index (χ0n) is 16.6. The van der Waals surface area contributed by atoms with Crippen LogP contribution in [0.15, 0.2) is 0 Å². The van der Waals surface area contributed by atoms with Crippen LogP contribution < -0.4 is 10.6 Å². The number of nitrogens with one attached hydrogen (secondary N) is 2. The lowest BCUT2D eigenvalue weighted by molar-refractivity contribution is -0.136. The van der Waals surface area contributed by atoms with Crippen molar-refractivity contribution >= 4 is 5.91 Å². The smallest absolute Gasteiger partial charge is 0.239 e. The quantitative estimate of drug-likeness (QED) is 0.802. The zero-order valence-corrected chi connectivity index (χ0v) is 16.6. The second-order valence-corrected chi connectivity index (χ2v) is 9.23. The minimum Gasteiger partial charge on any atom is -0.341 e. The summed E-state index contributed by atoms with van der Waals surface area (Å²) in [5.41, 5.74) is 0. The van der Waals surface area contributed by atoms with E-state index in [4.69, 9.17) is 0 Å². The summed E-state index contributed by atoms with van der Waals surface area (Å²) in [7, 11) is 0. The van der Waals surface area contributed by atoms with Gasteiger partial charge in [-0.2, -0.15) is 0 Å². The largest absolute Gasteiger partial charge is 0.341 e. The maximum Gasteiger partial charge on any atom is 0.239 e. The molecule has 0 aliphatic carbocycles. The number of hydrogen-bond donors (Lipinski definition) is 2. The Bertz CT molecular complexity index is 463. The lowest BCUT2D eigenvalue weighted by Crippen LogP contribution is -2.55. The molecule has 4 heterocycles. The first kappa shape index (κ1) is 18.7. The van der Waals surface area contributed by atoms with Gasteiger partial charge in [0.05, 0.1) is 6.04 Å². The van der Waals surface area contributed by atoms with Gasteiger partial charge in [-0.3, -0.25) is 4.79 Å². The summed E-state index contributed by atoms with van der Waals surface area (Å²) in [4.78, 5) is 17.8. The van der Waals surface area contributed by atoms with Crippen LogP contribution in [0, 0.1) is 17.8 Å². The minimum absolute atomic E-state index is 0.0756. The van der Waals surface area contributed by atoms with Gasteiger partial charge in [0, 0.05) is 19.1 Å². The summed E-state index contributed by atoms with van der Waals surface area (Å²) < 4.78 is 0. The van der Waals surface area contributed by atoms with E-state index in [1.165, 1.54) is 58.2 Å². The standard InChI is InChI=1S/C21H38N4O/c1-16-14-22-9-6-19(16)17-4-5-20(23-15-17)21(26)25-12-7-18(8-13-25)24-10-2-3-11-24/h16-20,22-23H,2-15H2,1H3. The highest BCUT2D eigenvalue weighted by atomic mass is 16.2. The molecule has 0 aromatic carbocycles. The minimum atomic E-state index is 0.0756. The van der Waals surface area contributed by atoms with Crippen molar-refractivity contribution in [2.24, 2.45) is 17.8 Å². The number of carbonyl (C=O) groups excluding carboxylic acids is 1. The predicted octanol–water partition coefficient (Wildman–Crippen LogP) is 1.69. The highest BCUT2D eigenvalue weighted by Gasteiger charge is 2.36.